The molecular weight excluding hydrogens is 819 g/mol. The van der Waals surface area contributed by atoms with E-state index in [1.807, 2.05) is 13.0 Å². The van der Waals surface area contributed by atoms with Crippen LogP contribution in [0.25, 0.3) is 0 Å². The molecule has 3 aliphatic rings. The first-order valence-electron chi connectivity index (χ1n) is 19.5. The molecule has 5 rings (SSSR count). The number of benzene rings is 2. The Morgan fingerprint density at radius 2 is 1.78 bits per heavy atom. The monoisotopic (exact) mass is 874 g/mol. The lowest BCUT2D eigenvalue weighted by molar-refractivity contribution is -0.187. The van der Waals surface area contributed by atoms with E-state index < -0.39 is 59.5 Å². The van der Waals surface area contributed by atoms with Gasteiger partial charge in [0.15, 0.2) is 0 Å². The van der Waals surface area contributed by atoms with Crippen molar-refractivity contribution in [2.45, 2.75) is 115 Å². The van der Waals surface area contributed by atoms with E-state index in [1.165, 1.54) is 38.2 Å². The molecule has 0 spiro atoms. The van der Waals surface area contributed by atoms with Crippen LogP contribution in [0, 0.1) is 5.92 Å². The minimum atomic E-state index is -1.60. The molecule has 2 aromatic rings. The number of ketones is 1. The highest BCUT2D eigenvalue weighted by Gasteiger charge is 2.64. The summed E-state index contributed by atoms with van der Waals surface area (Å²) in [6.45, 7) is 6.95. The van der Waals surface area contributed by atoms with Crippen molar-refractivity contribution in [3.8, 4) is 5.75 Å². The Balaban J connectivity index is 0.00000794. The van der Waals surface area contributed by atoms with Crippen LogP contribution in [0.5, 0.6) is 5.75 Å². The van der Waals surface area contributed by atoms with Gasteiger partial charge in [-0.05, 0) is 75.9 Å². The molecule has 3 amide bonds. The van der Waals surface area contributed by atoms with Crippen LogP contribution in [0.15, 0.2) is 54.1 Å². The molecule has 7 atom stereocenters. The van der Waals surface area contributed by atoms with Crippen LogP contribution in [0.2, 0.25) is 10.0 Å². The molecule has 0 saturated carbocycles. The van der Waals surface area contributed by atoms with Crippen molar-refractivity contribution in [3.63, 3.8) is 0 Å². The topological polar surface area (TPSA) is 217 Å². The average molecular weight is 876 g/mol. The maximum atomic E-state index is 14.2. The minimum Gasteiger partial charge on any atom is -0.495 e. The maximum absolute atomic E-state index is 14.2. The van der Waals surface area contributed by atoms with Crippen molar-refractivity contribution in [1.82, 2.24) is 6.15 Å². The lowest BCUT2D eigenvalue weighted by Crippen LogP contribution is -2.53. The number of carbonyl (C=O) groups excluding carboxylic acids is 5. The van der Waals surface area contributed by atoms with Crippen LogP contribution in [0.4, 0.5) is 21.9 Å². The number of esters is 1. The Bertz CT molecular complexity index is 2010. The van der Waals surface area contributed by atoms with Gasteiger partial charge in [-0.25, -0.2) is 4.79 Å². The van der Waals surface area contributed by atoms with Gasteiger partial charge in [0.05, 0.1) is 42.5 Å². The van der Waals surface area contributed by atoms with Crippen LogP contribution < -0.4 is 26.4 Å². The van der Waals surface area contributed by atoms with Crippen LogP contribution in [0.3, 0.4) is 0 Å². The zero-order valence-corrected chi connectivity index (χ0v) is 36.6. The van der Waals surface area contributed by atoms with Crippen molar-refractivity contribution in [1.29, 1.82) is 0 Å². The molecule has 4 bridgehead atoms. The zero-order valence-electron chi connectivity index (χ0n) is 35.1. The summed E-state index contributed by atoms with van der Waals surface area (Å²) in [5.74, 6) is -1.41. The number of ether oxygens (including phenoxy) is 5. The number of anilines is 3. The fourth-order valence-electron chi connectivity index (χ4n) is 7.70. The van der Waals surface area contributed by atoms with Crippen LogP contribution >= 0.6 is 23.2 Å². The number of methoxy groups -OCH3 is 2. The van der Waals surface area contributed by atoms with E-state index in [-0.39, 0.29) is 59.3 Å². The number of Topliss-reactive ketones (excluding diaryl/α,β-unsaturated/α-hetero) is 1. The maximum Gasteiger partial charge on any atom is 0.412 e. The number of fused-ring (bicyclic) bond motifs is 5. The number of epoxide rings is 1. The largest absolute Gasteiger partial charge is 0.495 e. The van der Waals surface area contributed by atoms with Crippen molar-refractivity contribution >= 4 is 69.9 Å². The van der Waals surface area contributed by atoms with E-state index in [1.54, 1.807) is 51.2 Å². The van der Waals surface area contributed by atoms with Crippen molar-refractivity contribution in [2.75, 3.05) is 36.8 Å². The first-order valence-corrected chi connectivity index (χ1v) is 20.3. The number of amides is 3. The molecule has 328 valence electrons. The molecule has 2 fully saturated rings. The molecule has 2 saturated heterocycles. The number of aliphatic hydroxyl groups is 1. The zero-order chi connectivity index (χ0) is 43.2. The van der Waals surface area contributed by atoms with E-state index >= 15 is 0 Å². The van der Waals surface area contributed by atoms with Crippen molar-refractivity contribution < 1.29 is 52.8 Å². The van der Waals surface area contributed by atoms with E-state index in [0.29, 0.717) is 42.8 Å². The standard InChI is InChI=1S/C43H53Cl2N3O11.H3N/c1-24-11-10-13-34(56-7)43(54)22-33(57-38(52)23-43)26(3)40-42(4,59-40)35(21-37(51)48(5)31-18-27(17-24)19-32(55-6)39(31)45)58-41(53)47-30-16-15-28(20-29(30)44)46-36(50)14-9-8-12-25(2)49;/h10-11,13,15-16,18-20,26,33-35,40,54H,8-9,12,14,17,21-23H2,1-7H3,(H,46,50)(H,47,53);1H3/b13-10+,24-11+;/t26-,33+,34-,35+,40+,42+,43-;/m1./s1. The lowest BCUT2D eigenvalue weighted by Gasteiger charge is -2.41. The summed E-state index contributed by atoms with van der Waals surface area (Å²) in [6, 6.07) is 8.12. The second-order valence-electron chi connectivity index (χ2n) is 15.8. The van der Waals surface area contributed by atoms with Gasteiger partial charge in [0.25, 0.3) is 0 Å². The first kappa shape index (κ1) is 48.2. The summed E-state index contributed by atoms with van der Waals surface area (Å²) in [5, 5.41) is 17.6. The molecule has 15 nitrogen and oxygen atoms in total. The van der Waals surface area contributed by atoms with Gasteiger partial charge in [-0.15, -0.1) is 0 Å². The molecule has 0 aliphatic carbocycles. The highest BCUT2D eigenvalue weighted by Crippen LogP contribution is 2.50. The third-order valence-electron chi connectivity index (χ3n) is 11.1. The van der Waals surface area contributed by atoms with Gasteiger partial charge in [0, 0.05) is 45.0 Å². The summed E-state index contributed by atoms with van der Waals surface area (Å²) >= 11 is 13.3. The molecule has 0 aromatic heterocycles. The molecule has 3 heterocycles. The number of allylic oxidation sites excluding steroid dienone is 3. The average Bonchev–Trinajstić information content (AvgIpc) is 3.87. The van der Waals surface area contributed by atoms with E-state index in [9.17, 15) is 29.1 Å². The van der Waals surface area contributed by atoms with E-state index in [2.05, 4.69) is 10.6 Å². The Morgan fingerprint density at radius 1 is 1.07 bits per heavy atom. The van der Waals surface area contributed by atoms with Gasteiger partial charge in [-0.2, -0.15) is 0 Å². The Hall–Kier alpha value is -4.51. The highest BCUT2D eigenvalue weighted by molar-refractivity contribution is 6.35. The molecule has 2 aromatic carbocycles. The first-order chi connectivity index (χ1) is 27.9. The van der Waals surface area contributed by atoms with Gasteiger partial charge in [0.2, 0.25) is 11.8 Å². The minimum absolute atomic E-state index is 0. The molecule has 0 unspecified atom stereocenters. The normalized spacial score (nSPS) is 28.1. The molecule has 17 heteroatoms. The fourth-order valence-corrected chi connectivity index (χ4v) is 8.25. The van der Waals surface area contributed by atoms with Gasteiger partial charge < -0.3 is 50.0 Å². The quantitative estimate of drug-likeness (QED) is 0.104. The van der Waals surface area contributed by atoms with E-state index in [0.717, 1.165) is 11.1 Å². The molecule has 60 heavy (non-hydrogen) atoms. The van der Waals surface area contributed by atoms with Crippen LogP contribution in [0.1, 0.15) is 78.2 Å². The molecular formula is C43H56Cl2N4O11. The Morgan fingerprint density at radius 3 is 2.45 bits per heavy atom. The van der Waals surface area contributed by atoms with Crippen molar-refractivity contribution in [3.05, 3.63) is 69.7 Å². The third-order valence-corrected chi connectivity index (χ3v) is 11.8. The van der Waals surface area contributed by atoms with Gasteiger partial charge in [-0.1, -0.05) is 53.9 Å². The summed E-state index contributed by atoms with van der Waals surface area (Å²) in [5.41, 5.74) is -0.157. The summed E-state index contributed by atoms with van der Waals surface area (Å²) in [4.78, 5) is 65.8. The highest BCUT2D eigenvalue weighted by atomic mass is 35.5. The second kappa shape index (κ2) is 20.4. The summed E-state index contributed by atoms with van der Waals surface area (Å²) in [7, 11) is 4.50. The SMILES string of the molecule is COc1cc2cc(c1Cl)N(C)C(=O)C[C@H](OC(=O)Nc1ccc(NC(=O)CCCCC(C)=O)cc1Cl)[C@]1(C)O[C@H]1[C@H](C)[C@@H]1C[C@@](O)(CC(=O)O1)[C@H](OC)/C=C/C=C(\C)C2.N. The molecule has 3 aliphatic heterocycles. The van der Waals surface area contributed by atoms with E-state index in [4.69, 9.17) is 46.9 Å². The Labute approximate surface area is 360 Å². The number of nitrogens with zero attached hydrogens (tertiary/aromatic N) is 1. The Kier molecular flexibility index (Phi) is 16.3. The third kappa shape index (κ3) is 11.6. The molecule has 0 radical (unpaired) electrons. The smallest absolute Gasteiger partial charge is 0.412 e. The number of carbonyl (C=O) groups is 5. The van der Waals surface area contributed by atoms with Crippen molar-refractivity contribution in [2.24, 2.45) is 5.92 Å². The number of hydrogen-bond acceptors (Lipinski definition) is 12. The second-order valence-corrected chi connectivity index (χ2v) is 16.6. The number of halogens is 2. The predicted molar refractivity (Wildman–Crippen MR) is 228 cm³/mol. The van der Waals surface area contributed by atoms with Gasteiger partial charge in [0.1, 0.15) is 46.1 Å². The summed E-state index contributed by atoms with van der Waals surface area (Å²) < 4.78 is 29.3. The fraction of sp³-hybridized carbons (Fsp3) is 0.512. The predicted octanol–water partition coefficient (Wildman–Crippen LogP) is 7.53. The van der Waals surface area contributed by atoms with Crippen LogP contribution in [-0.4, -0.2) is 91.7 Å². The number of hydrogen-bond donors (Lipinski definition) is 4. The summed E-state index contributed by atoms with van der Waals surface area (Å²) in [6.07, 6.45) is 2.55. The van der Waals surface area contributed by atoms with Gasteiger partial charge >= 0.3 is 12.1 Å². The molecule has 6 N–H and O–H groups in total. The lowest BCUT2D eigenvalue weighted by atomic mass is 9.78. The van der Waals surface area contributed by atoms with Gasteiger partial charge in [-0.3, -0.25) is 19.7 Å². The number of nitrogens with one attached hydrogen (secondary N) is 2. The number of unbranched alkanes of at least 4 members (excludes halogenated alkanes) is 1. The van der Waals surface area contributed by atoms with Crippen LogP contribution in [-0.2, 0) is 44.5 Å². The number of rotatable bonds is 10.